The monoisotopic (exact) mass is 234 g/mol. The molecule has 17 heavy (non-hydrogen) atoms. The molecule has 0 bridgehead atoms. The van der Waals surface area contributed by atoms with E-state index in [1.807, 2.05) is 0 Å². The molecule has 0 amide bonds. The van der Waals surface area contributed by atoms with E-state index in [0.29, 0.717) is 12.0 Å². The summed E-state index contributed by atoms with van der Waals surface area (Å²) in [6.45, 7) is 9.73. The highest BCUT2D eigenvalue weighted by molar-refractivity contribution is 5.41. The first-order chi connectivity index (χ1) is 8.22. The molecule has 1 aliphatic heterocycles. The molecule has 0 radical (unpaired) electrons. The van der Waals surface area contributed by atoms with E-state index in [1.165, 1.54) is 0 Å². The fraction of sp³-hybridized carbons (Fsp3) is 0.692. The van der Waals surface area contributed by atoms with Crippen molar-refractivity contribution < 1.29 is 0 Å². The van der Waals surface area contributed by atoms with E-state index < -0.39 is 0 Å². The normalized spacial score (nSPS) is 22.5. The van der Waals surface area contributed by atoms with E-state index in [9.17, 15) is 0 Å². The molecule has 1 N–H and O–H groups in total. The van der Waals surface area contributed by atoms with Gasteiger partial charge < -0.3 is 10.2 Å². The lowest BCUT2D eigenvalue weighted by Crippen LogP contribution is -2.50. The van der Waals surface area contributed by atoms with Gasteiger partial charge in [0.1, 0.15) is 12.1 Å². The van der Waals surface area contributed by atoms with Crippen LogP contribution in [-0.4, -0.2) is 35.6 Å². The lowest BCUT2D eigenvalue weighted by Gasteiger charge is -2.35. The van der Waals surface area contributed by atoms with Crippen molar-refractivity contribution in [2.24, 2.45) is 0 Å². The van der Waals surface area contributed by atoms with Crippen LogP contribution in [0, 0.1) is 0 Å². The van der Waals surface area contributed by atoms with E-state index in [-0.39, 0.29) is 0 Å². The number of piperazine rings is 1. The molecular formula is C13H22N4. The molecule has 0 spiro atoms. The quantitative estimate of drug-likeness (QED) is 0.865. The van der Waals surface area contributed by atoms with Crippen LogP contribution in [0.4, 0.5) is 5.82 Å². The Bertz CT molecular complexity index is 366. The molecule has 4 heteroatoms. The van der Waals surface area contributed by atoms with Crippen LogP contribution in [0.2, 0.25) is 0 Å². The van der Waals surface area contributed by atoms with Gasteiger partial charge in [-0.1, -0.05) is 13.8 Å². The molecule has 1 unspecified atom stereocenters. The zero-order valence-corrected chi connectivity index (χ0v) is 11.0. The van der Waals surface area contributed by atoms with E-state index in [1.54, 1.807) is 6.33 Å². The molecule has 4 nitrogen and oxygen atoms in total. The Hall–Kier alpha value is -1.16. The number of aromatic nitrogens is 2. The molecule has 0 saturated carbocycles. The van der Waals surface area contributed by atoms with Gasteiger partial charge in [-0.2, -0.15) is 0 Å². The van der Waals surface area contributed by atoms with Crippen molar-refractivity contribution in [2.45, 2.75) is 39.2 Å². The molecule has 2 rings (SSSR count). The topological polar surface area (TPSA) is 41.0 Å². The Morgan fingerprint density at radius 2 is 2.35 bits per heavy atom. The maximum Gasteiger partial charge on any atom is 0.132 e. The third-order valence-electron chi connectivity index (χ3n) is 3.59. The lowest BCUT2D eigenvalue weighted by atomic mass is 10.0. The largest absolute Gasteiger partial charge is 0.351 e. The minimum atomic E-state index is 0.503. The lowest BCUT2D eigenvalue weighted by molar-refractivity contribution is 0.496. The molecule has 1 aromatic heterocycles. The summed E-state index contributed by atoms with van der Waals surface area (Å²) < 4.78 is 0. The Morgan fingerprint density at radius 3 is 3.06 bits per heavy atom. The molecule has 2 heterocycles. The second kappa shape index (κ2) is 5.45. The van der Waals surface area contributed by atoms with Crippen molar-refractivity contribution in [3.8, 4) is 0 Å². The number of anilines is 1. The second-order valence-electron chi connectivity index (χ2n) is 4.86. The highest BCUT2D eigenvalue weighted by Crippen LogP contribution is 2.21. The molecule has 0 aromatic carbocycles. The average Bonchev–Trinajstić information content (AvgIpc) is 2.38. The van der Waals surface area contributed by atoms with Crippen LogP contribution in [0.15, 0.2) is 12.4 Å². The number of hydrogen-bond donors (Lipinski definition) is 1. The zero-order valence-electron chi connectivity index (χ0n) is 11.0. The van der Waals surface area contributed by atoms with Gasteiger partial charge in [-0.25, -0.2) is 9.97 Å². The predicted molar refractivity (Wildman–Crippen MR) is 70.4 cm³/mol. The SMILES string of the molecule is CCC(C)c1cc(N2CCNC[C@@H]2C)ncn1. The number of hydrogen-bond acceptors (Lipinski definition) is 4. The van der Waals surface area contributed by atoms with Crippen molar-refractivity contribution in [3.63, 3.8) is 0 Å². The number of rotatable bonds is 3. The minimum Gasteiger partial charge on any atom is -0.351 e. The Balaban J connectivity index is 2.20. The maximum atomic E-state index is 4.42. The van der Waals surface area contributed by atoms with Crippen LogP contribution in [0.1, 0.15) is 38.8 Å². The van der Waals surface area contributed by atoms with Crippen molar-refractivity contribution in [1.29, 1.82) is 0 Å². The van der Waals surface area contributed by atoms with E-state index in [0.717, 1.165) is 37.6 Å². The van der Waals surface area contributed by atoms with Crippen molar-refractivity contribution >= 4 is 5.82 Å². The van der Waals surface area contributed by atoms with Crippen LogP contribution in [0.25, 0.3) is 0 Å². The van der Waals surface area contributed by atoms with Gasteiger partial charge in [0.25, 0.3) is 0 Å². The summed E-state index contributed by atoms with van der Waals surface area (Å²) in [5.74, 6) is 1.58. The van der Waals surface area contributed by atoms with Gasteiger partial charge in [0, 0.05) is 37.4 Å². The fourth-order valence-electron chi connectivity index (χ4n) is 2.18. The summed E-state index contributed by atoms with van der Waals surface area (Å²) in [5, 5.41) is 3.40. The highest BCUT2D eigenvalue weighted by atomic mass is 15.3. The van der Waals surface area contributed by atoms with Crippen LogP contribution in [-0.2, 0) is 0 Å². The Kier molecular flexibility index (Phi) is 3.94. The van der Waals surface area contributed by atoms with Crippen LogP contribution in [0.5, 0.6) is 0 Å². The molecule has 1 saturated heterocycles. The molecule has 0 aliphatic carbocycles. The summed E-state index contributed by atoms with van der Waals surface area (Å²) in [7, 11) is 0. The molecule has 1 aliphatic rings. The van der Waals surface area contributed by atoms with Crippen molar-refractivity contribution in [2.75, 3.05) is 24.5 Å². The van der Waals surface area contributed by atoms with Gasteiger partial charge in [-0.05, 0) is 19.3 Å². The van der Waals surface area contributed by atoms with Gasteiger partial charge in [-0.3, -0.25) is 0 Å². The maximum absolute atomic E-state index is 4.42. The summed E-state index contributed by atoms with van der Waals surface area (Å²) in [5.41, 5.74) is 1.16. The van der Waals surface area contributed by atoms with E-state index in [4.69, 9.17) is 0 Å². The van der Waals surface area contributed by atoms with E-state index in [2.05, 4.69) is 47.0 Å². The highest BCUT2D eigenvalue weighted by Gasteiger charge is 2.20. The number of nitrogens with zero attached hydrogens (tertiary/aromatic N) is 3. The molecule has 2 atom stereocenters. The smallest absolute Gasteiger partial charge is 0.132 e. The third-order valence-corrected chi connectivity index (χ3v) is 3.59. The second-order valence-corrected chi connectivity index (χ2v) is 4.86. The van der Waals surface area contributed by atoms with Gasteiger partial charge in [0.05, 0.1) is 0 Å². The van der Waals surface area contributed by atoms with Crippen molar-refractivity contribution in [3.05, 3.63) is 18.1 Å². The average molecular weight is 234 g/mol. The summed E-state index contributed by atoms with van der Waals surface area (Å²) in [6, 6.07) is 2.65. The molecule has 1 fully saturated rings. The first kappa shape index (κ1) is 12.3. The molecule has 1 aromatic rings. The van der Waals surface area contributed by atoms with Gasteiger partial charge >= 0.3 is 0 Å². The predicted octanol–water partition coefficient (Wildman–Crippen LogP) is 1.79. The first-order valence-corrected chi connectivity index (χ1v) is 6.51. The Labute approximate surface area is 103 Å². The van der Waals surface area contributed by atoms with Crippen LogP contribution < -0.4 is 10.2 Å². The van der Waals surface area contributed by atoms with Gasteiger partial charge in [0.2, 0.25) is 0 Å². The Morgan fingerprint density at radius 1 is 1.53 bits per heavy atom. The zero-order chi connectivity index (χ0) is 12.3. The van der Waals surface area contributed by atoms with Gasteiger partial charge in [-0.15, -0.1) is 0 Å². The van der Waals surface area contributed by atoms with E-state index >= 15 is 0 Å². The summed E-state index contributed by atoms with van der Waals surface area (Å²) >= 11 is 0. The van der Waals surface area contributed by atoms with Gasteiger partial charge in [0.15, 0.2) is 0 Å². The number of nitrogens with one attached hydrogen (secondary N) is 1. The molecular weight excluding hydrogens is 212 g/mol. The van der Waals surface area contributed by atoms with Crippen molar-refractivity contribution in [1.82, 2.24) is 15.3 Å². The standard InChI is InChI=1S/C13H22N4/c1-4-10(2)12-7-13(16-9-15-12)17-6-5-14-8-11(17)3/h7,9-11,14H,4-6,8H2,1-3H3/t10?,11-/m0/s1. The third kappa shape index (κ3) is 2.75. The molecule has 94 valence electrons. The van der Waals surface area contributed by atoms with Crippen LogP contribution in [0.3, 0.4) is 0 Å². The minimum absolute atomic E-state index is 0.503. The fourth-order valence-corrected chi connectivity index (χ4v) is 2.18. The first-order valence-electron chi connectivity index (χ1n) is 6.51. The summed E-state index contributed by atoms with van der Waals surface area (Å²) in [6.07, 6.45) is 2.82. The van der Waals surface area contributed by atoms with Crippen LogP contribution >= 0.6 is 0 Å². The summed E-state index contributed by atoms with van der Waals surface area (Å²) in [4.78, 5) is 11.2.